The zero-order valence-electron chi connectivity index (χ0n) is 9.87. The van der Waals surface area contributed by atoms with E-state index in [1.54, 1.807) is 0 Å². The Morgan fingerprint density at radius 2 is 1.93 bits per heavy atom. The predicted octanol–water partition coefficient (Wildman–Crippen LogP) is 4.07. The molecular formula is C14H21N. The van der Waals surface area contributed by atoms with Gasteiger partial charge in [-0.2, -0.15) is 0 Å². The van der Waals surface area contributed by atoms with Crippen molar-refractivity contribution in [2.24, 2.45) is 5.92 Å². The molecule has 15 heavy (non-hydrogen) atoms. The molecule has 1 atom stereocenters. The monoisotopic (exact) mass is 203 g/mol. The van der Waals surface area contributed by atoms with Gasteiger partial charge in [0.25, 0.3) is 0 Å². The molecule has 82 valence electrons. The lowest BCUT2D eigenvalue weighted by atomic mass is 9.79. The fraction of sp³-hybridized carbons (Fsp3) is 0.643. The largest absolute Gasteiger partial charge is 0.261 e. The summed E-state index contributed by atoms with van der Waals surface area (Å²) in [6.45, 7) is 4.44. The van der Waals surface area contributed by atoms with Gasteiger partial charge in [-0.05, 0) is 37.3 Å². The van der Waals surface area contributed by atoms with Crippen LogP contribution in [0.3, 0.4) is 0 Å². The highest BCUT2D eigenvalue weighted by Crippen LogP contribution is 2.34. The number of hydrogen-bond donors (Lipinski definition) is 0. The average molecular weight is 203 g/mol. The lowest BCUT2D eigenvalue weighted by Crippen LogP contribution is -2.14. The Bertz CT molecular complexity index is 296. The summed E-state index contributed by atoms with van der Waals surface area (Å²) in [5.41, 5.74) is 2.54. The standard InChI is InChI=1S/C14H21N/c1-11-8-9-14(15-10-11)12(2)13-6-4-3-5-7-13/h8-10,12-13H,3-7H2,1-2H3. The highest BCUT2D eigenvalue weighted by molar-refractivity contribution is 5.15. The molecule has 0 bridgehead atoms. The summed E-state index contributed by atoms with van der Waals surface area (Å²) < 4.78 is 0. The first kappa shape index (κ1) is 10.7. The Balaban J connectivity index is 2.05. The third-order valence-corrected chi connectivity index (χ3v) is 3.76. The van der Waals surface area contributed by atoms with Gasteiger partial charge in [0.2, 0.25) is 0 Å². The minimum Gasteiger partial charge on any atom is -0.261 e. The topological polar surface area (TPSA) is 12.9 Å². The van der Waals surface area contributed by atoms with Crippen molar-refractivity contribution in [1.82, 2.24) is 4.98 Å². The molecule has 0 N–H and O–H groups in total. The van der Waals surface area contributed by atoms with Crippen molar-refractivity contribution in [2.45, 2.75) is 51.9 Å². The van der Waals surface area contributed by atoms with E-state index in [9.17, 15) is 0 Å². The molecule has 0 saturated heterocycles. The second kappa shape index (κ2) is 4.78. The normalized spacial score (nSPS) is 20.1. The van der Waals surface area contributed by atoms with Gasteiger partial charge in [0.05, 0.1) is 0 Å². The van der Waals surface area contributed by atoms with Crippen LogP contribution in [0.15, 0.2) is 18.3 Å². The molecule has 0 amide bonds. The van der Waals surface area contributed by atoms with Crippen LogP contribution >= 0.6 is 0 Å². The molecule has 0 spiro atoms. The maximum absolute atomic E-state index is 4.55. The molecule has 0 aromatic carbocycles. The number of aromatic nitrogens is 1. The van der Waals surface area contributed by atoms with E-state index in [0.29, 0.717) is 5.92 Å². The lowest BCUT2D eigenvalue weighted by Gasteiger charge is -2.27. The zero-order chi connectivity index (χ0) is 10.7. The van der Waals surface area contributed by atoms with Gasteiger partial charge in [0.15, 0.2) is 0 Å². The van der Waals surface area contributed by atoms with Gasteiger partial charge in [-0.3, -0.25) is 4.98 Å². The fourth-order valence-electron chi connectivity index (χ4n) is 2.62. The summed E-state index contributed by atoms with van der Waals surface area (Å²) >= 11 is 0. The first-order chi connectivity index (χ1) is 7.27. The quantitative estimate of drug-likeness (QED) is 0.706. The van der Waals surface area contributed by atoms with Crippen LogP contribution in [-0.2, 0) is 0 Å². The van der Waals surface area contributed by atoms with Gasteiger partial charge in [-0.25, -0.2) is 0 Å². The van der Waals surface area contributed by atoms with Gasteiger partial charge >= 0.3 is 0 Å². The molecule has 1 aromatic heterocycles. The Morgan fingerprint density at radius 1 is 1.20 bits per heavy atom. The second-order valence-corrected chi connectivity index (χ2v) is 4.95. The molecule has 0 aliphatic heterocycles. The van der Waals surface area contributed by atoms with Crippen LogP contribution in [-0.4, -0.2) is 4.98 Å². The summed E-state index contributed by atoms with van der Waals surface area (Å²) in [5, 5.41) is 0. The van der Waals surface area contributed by atoms with Gasteiger partial charge in [0, 0.05) is 17.8 Å². The molecule has 1 unspecified atom stereocenters. The van der Waals surface area contributed by atoms with Crippen LogP contribution in [0.5, 0.6) is 0 Å². The molecule has 1 aliphatic rings. The highest BCUT2D eigenvalue weighted by Gasteiger charge is 2.21. The van der Waals surface area contributed by atoms with Gasteiger partial charge < -0.3 is 0 Å². The van der Waals surface area contributed by atoms with Crippen LogP contribution in [0.2, 0.25) is 0 Å². The van der Waals surface area contributed by atoms with Crippen molar-refractivity contribution in [3.05, 3.63) is 29.6 Å². The molecule has 1 heterocycles. The Kier molecular flexibility index (Phi) is 3.40. The molecule has 1 fully saturated rings. The summed E-state index contributed by atoms with van der Waals surface area (Å²) in [6, 6.07) is 4.39. The van der Waals surface area contributed by atoms with Gasteiger partial charge in [0.1, 0.15) is 0 Å². The number of rotatable bonds is 2. The summed E-state index contributed by atoms with van der Waals surface area (Å²) in [4.78, 5) is 4.55. The Labute approximate surface area is 92.9 Å². The van der Waals surface area contributed by atoms with Crippen LogP contribution < -0.4 is 0 Å². The van der Waals surface area contributed by atoms with Crippen LogP contribution in [0.4, 0.5) is 0 Å². The maximum atomic E-state index is 4.55. The van der Waals surface area contributed by atoms with Crippen molar-refractivity contribution in [1.29, 1.82) is 0 Å². The SMILES string of the molecule is Cc1ccc(C(C)C2CCCCC2)nc1. The molecule has 0 radical (unpaired) electrons. The predicted molar refractivity (Wildman–Crippen MR) is 64.0 cm³/mol. The molecular weight excluding hydrogens is 182 g/mol. The highest BCUT2D eigenvalue weighted by atomic mass is 14.7. The lowest BCUT2D eigenvalue weighted by molar-refractivity contribution is 0.313. The van der Waals surface area contributed by atoms with Crippen molar-refractivity contribution < 1.29 is 0 Å². The van der Waals surface area contributed by atoms with E-state index in [4.69, 9.17) is 0 Å². The van der Waals surface area contributed by atoms with Crippen molar-refractivity contribution in [3.63, 3.8) is 0 Å². The Hall–Kier alpha value is -0.850. The molecule has 1 nitrogen and oxygen atoms in total. The van der Waals surface area contributed by atoms with Crippen LogP contribution in [0.1, 0.15) is 56.2 Å². The minimum absolute atomic E-state index is 0.644. The molecule has 2 rings (SSSR count). The van der Waals surface area contributed by atoms with E-state index in [-0.39, 0.29) is 0 Å². The number of hydrogen-bond acceptors (Lipinski definition) is 1. The third-order valence-electron chi connectivity index (χ3n) is 3.76. The van der Waals surface area contributed by atoms with Crippen LogP contribution in [0, 0.1) is 12.8 Å². The summed E-state index contributed by atoms with van der Waals surface area (Å²) in [5.74, 6) is 1.51. The summed E-state index contributed by atoms with van der Waals surface area (Å²) in [7, 11) is 0. The maximum Gasteiger partial charge on any atom is 0.0434 e. The van der Waals surface area contributed by atoms with E-state index in [1.165, 1.54) is 43.4 Å². The number of pyridine rings is 1. The van der Waals surface area contributed by atoms with E-state index in [1.807, 2.05) is 6.20 Å². The second-order valence-electron chi connectivity index (χ2n) is 4.95. The molecule has 1 heteroatoms. The number of nitrogens with zero attached hydrogens (tertiary/aromatic N) is 1. The first-order valence-corrected chi connectivity index (χ1v) is 6.20. The van der Waals surface area contributed by atoms with Crippen molar-refractivity contribution >= 4 is 0 Å². The van der Waals surface area contributed by atoms with Gasteiger partial charge in [-0.15, -0.1) is 0 Å². The van der Waals surface area contributed by atoms with Crippen molar-refractivity contribution in [3.8, 4) is 0 Å². The molecule has 1 aromatic rings. The molecule has 1 saturated carbocycles. The first-order valence-electron chi connectivity index (χ1n) is 6.20. The third kappa shape index (κ3) is 2.58. The number of aryl methyl sites for hydroxylation is 1. The van der Waals surface area contributed by atoms with E-state index in [2.05, 4.69) is 31.0 Å². The Morgan fingerprint density at radius 3 is 2.53 bits per heavy atom. The smallest absolute Gasteiger partial charge is 0.0434 e. The van der Waals surface area contributed by atoms with Gasteiger partial charge in [-0.1, -0.05) is 32.3 Å². The van der Waals surface area contributed by atoms with E-state index in [0.717, 1.165) is 5.92 Å². The minimum atomic E-state index is 0.644. The van der Waals surface area contributed by atoms with Crippen molar-refractivity contribution in [2.75, 3.05) is 0 Å². The van der Waals surface area contributed by atoms with E-state index >= 15 is 0 Å². The average Bonchev–Trinajstić information content (AvgIpc) is 2.30. The summed E-state index contributed by atoms with van der Waals surface area (Å²) in [6.07, 6.45) is 9.06. The van der Waals surface area contributed by atoms with E-state index < -0.39 is 0 Å². The molecule has 1 aliphatic carbocycles. The van der Waals surface area contributed by atoms with Crippen LogP contribution in [0.25, 0.3) is 0 Å². The zero-order valence-corrected chi connectivity index (χ0v) is 9.87. The fourth-order valence-corrected chi connectivity index (χ4v) is 2.62.